The average Bonchev–Trinajstić information content (AvgIpc) is 3.26. The lowest BCUT2D eigenvalue weighted by atomic mass is 10.2. The molecule has 7 nitrogen and oxygen atoms in total. The minimum absolute atomic E-state index is 0.0952. The average molecular weight is 420 g/mol. The first-order valence-corrected chi connectivity index (χ1v) is 10.4. The second-order valence-corrected chi connectivity index (χ2v) is 7.81. The van der Waals surface area contributed by atoms with Gasteiger partial charge in [0.25, 0.3) is 5.56 Å². The molecule has 8 heteroatoms. The highest BCUT2D eigenvalue weighted by Gasteiger charge is 2.17. The molecule has 0 spiro atoms. The van der Waals surface area contributed by atoms with E-state index >= 15 is 0 Å². The van der Waals surface area contributed by atoms with E-state index in [1.165, 1.54) is 16.3 Å². The van der Waals surface area contributed by atoms with Gasteiger partial charge in [0, 0.05) is 13.2 Å². The fraction of sp³-hybridized carbons (Fsp3) is 0.182. The molecule has 1 aromatic carbocycles. The molecule has 1 amide bonds. The number of amides is 1. The molecule has 0 saturated carbocycles. The Hall–Kier alpha value is -3.39. The number of carbonyl (C=O) groups is 1. The molecule has 0 aliphatic rings. The van der Waals surface area contributed by atoms with Gasteiger partial charge in [0.1, 0.15) is 11.6 Å². The quantitative estimate of drug-likeness (QED) is 0.351. The zero-order valence-corrected chi connectivity index (χ0v) is 17.4. The van der Waals surface area contributed by atoms with Gasteiger partial charge in [-0.3, -0.25) is 9.59 Å². The maximum atomic E-state index is 13.2. The summed E-state index contributed by atoms with van der Waals surface area (Å²) in [5, 5.41) is 0.931. The highest BCUT2D eigenvalue weighted by atomic mass is 32.2. The molecule has 0 N–H and O–H groups in total. The van der Waals surface area contributed by atoms with Crippen LogP contribution in [0.25, 0.3) is 16.7 Å². The minimum Gasteiger partial charge on any atom is -0.467 e. The van der Waals surface area contributed by atoms with Crippen molar-refractivity contribution < 1.29 is 9.21 Å². The van der Waals surface area contributed by atoms with E-state index in [1.54, 1.807) is 54.7 Å². The van der Waals surface area contributed by atoms with Crippen molar-refractivity contribution in [1.29, 1.82) is 0 Å². The fourth-order valence-corrected chi connectivity index (χ4v) is 3.91. The molecule has 0 aliphatic carbocycles. The number of rotatable bonds is 6. The van der Waals surface area contributed by atoms with E-state index in [2.05, 4.69) is 9.97 Å². The van der Waals surface area contributed by atoms with Crippen LogP contribution in [0.3, 0.4) is 0 Å². The zero-order chi connectivity index (χ0) is 21.1. The molecule has 152 valence electrons. The van der Waals surface area contributed by atoms with Gasteiger partial charge in [-0.1, -0.05) is 30.0 Å². The molecular weight excluding hydrogens is 400 g/mol. The third-order valence-electron chi connectivity index (χ3n) is 4.59. The summed E-state index contributed by atoms with van der Waals surface area (Å²) in [6.45, 7) is 2.31. The first-order valence-electron chi connectivity index (χ1n) is 9.37. The smallest absolute Gasteiger partial charge is 0.267 e. The van der Waals surface area contributed by atoms with Crippen LogP contribution in [0.4, 0.5) is 0 Å². The number of fused-ring (bicyclic) bond motifs is 1. The Morgan fingerprint density at radius 1 is 1.17 bits per heavy atom. The molecule has 4 rings (SSSR count). The molecule has 0 radical (unpaired) electrons. The summed E-state index contributed by atoms with van der Waals surface area (Å²) in [6.07, 6.45) is 3.28. The van der Waals surface area contributed by atoms with Crippen LogP contribution in [-0.4, -0.2) is 38.1 Å². The molecule has 30 heavy (non-hydrogen) atoms. The SMILES string of the molecule is Cc1ccc(-n2c(SCC(=O)N(C)Cc3ccco3)nc3ccccc3c2=O)nc1. The molecule has 3 heterocycles. The maximum absolute atomic E-state index is 13.2. The molecule has 0 bridgehead atoms. The summed E-state index contributed by atoms with van der Waals surface area (Å²) in [5.74, 6) is 1.22. The number of benzene rings is 1. The zero-order valence-electron chi connectivity index (χ0n) is 16.6. The van der Waals surface area contributed by atoms with Gasteiger partial charge < -0.3 is 9.32 Å². The molecule has 0 aliphatic heterocycles. The minimum atomic E-state index is -0.212. The summed E-state index contributed by atoms with van der Waals surface area (Å²) in [4.78, 5) is 36.4. The van der Waals surface area contributed by atoms with Crippen LogP contribution in [-0.2, 0) is 11.3 Å². The number of para-hydroxylation sites is 1. The third kappa shape index (κ3) is 4.13. The highest BCUT2D eigenvalue weighted by molar-refractivity contribution is 7.99. The van der Waals surface area contributed by atoms with E-state index < -0.39 is 0 Å². The molecule has 0 saturated heterocycles. The number of nitrogens with zero attached hydrogens (tertiary/aromatic N) is 4. The summed E-state index contributed by atoms with van der Waals surface area (Å²) in [7, 11) is 1.72. The lowest BCUT2D eigenvalue weighted by Crippen LogP contribution is -2.28. The lowest BCUT2D eigenvalue weighted by molar-refractivity contribution is -0.127. The number of pyridine rings is 1. The van der Waals surface area contributed by atoms with E-state index in [4.69, 9.17) is 4.42 Å². The Kier molecular flexibility index (Phi) is 5.67. The lowest BCUT2D eigenvalue weighted by Gasteiger charge is -2.16. The Labute approximate surface area is 177 Å². The summed E-state index contributed by atoms with van der Waals surface area (Å²) >= 11 is 1.21. The number of aromatic nitrogens is 3. The van der Waals surface area contributed by atoms with Gasteiger partial charge in [-0.05, 0) is 42.8 Å². The first-order chi connectivity index (χ1) is 14.5. The Morgan fingerprint density at radius 2 is 2.00 bits per heavy atom. The number of hydrogen-bond donors (Lipinski definition) is 0. The van der Waals surface area contributed by atoms with Gasteiger partial charge >= 0.3 is 0 Å². The van der Waals surface area contributed by atoms with Gasteiger partial charge in [0.2, 0.25) is 5.91 Å². The van der Waals surface area contributed by atoms with Crippen LogP contribution in [0, 0.1) is 6.92 Å². The van der Waals surface area contributed by atoms with Crippen molar-refractivity contribution in [3.63, 3.8) is 0 Å². The van der Waals surface area contributed by atoms with Crippen LogP contribution in [0.2, 0.25) is 0 Å². The fourth-order valence-electron chi connectivity index (χ4n) is 2.96. The van der Waals surface area contributed by atoms with Gasteiger partial charge in [0.05, 0.1) is 29.5 Å². The van der Waals surface area contributed by atoms with Gasteiger partial charge in [-0.15, -0.1) is 0 Å². The van der Waals surface area contributed by atoms with Crippen LogP contribution in [0.15, 0.2) is 75.4 Å². The van der Waals surface area contributed by atoms with Crippen molar-refractivity contribution in [1.82, 2.24) is 19.4 Å². The second-order valence-electron chi connectivity index (χ2n) is 6.86. The maximum Gasteiger partial charge on any atom is 0.267 e. The van der Waals surface area contributed by atoms with E-state index in [-0.39, 0.29) is 17.2 Å². The largest absolute Gasteiger partial charge is 0.467 e. The third-order valence-corrected chi connectivity index (χ3v) is 5.52. The predicted molar refractivity (Wildman–Crippen MR) is 116 cm³/mol. The molecule has 3 aromatic heterocycles. The second kappa shape index (κ2) is 8.54. The number of aryl methyl sites for hydroxylation is 1. The first kappa shape index (κ1) is 19.9. The Morgan fingerprint density at radius 3 is 2.73 bits per heavy atom. The summed E-state index contributed by atoms with van der Waals surface area (Å²) in [5.41, 5.74) is 1.37. The van der Waals surface area contributed by atoms with Gasteiger partial charge in [-0.2, -0.15) is 0 Å². The Bertz CT molecular complexity index is 1230. The molecule has 0 unspecified atom stereocenters. The number of thioether (sulfide) groups is 1. The van der Waals surface area contributed by atoms with Crippen molar-refractivity contribution >= 4 is 28.6 Å². The summed E-state index contributed by atoms with van der Waals surface area (Å²) < 4.78 is 6.77. The van der Waals surface area contributed by atoms with E-state index in [0.717, 1.165) is 5.56 Å². The van der Waals surface area contributed by atoms with Crippen molar-refractivity contribution in [2.75, 3.05) is 12.8 Å². The standard InChI is InChI=1S/C22H20N4O3S/c1-15-9-10-19(23-12-15)26-21(28)17-7-3-4-8-18(17)24-22(26)30-14-20(27)25(2)13-16-6-5-11-29-16/h3-12H,13-14H2,1-2H3. The normalized spacial score (nSPS) is 11.0. The molecule has 4 aromatic rings. The molecule has 0 fully saturated rings. The predicted octanol–water partition coefficient (Wildman–Crippen LogP) is 3.43. The Balaban J connectivity index is 1.65. The van der Waals surface area contributed by atoms with Crippen molar-refractivity contribution in [2.24, 2.45) is 0 Å². The van der Waals surface area contributed by atoms with Crippen LogP contribution < -0.4 is 5.56 Å². The van der Waals surface area contributed by atoms with E-state index in [1.807, 2.05) is 25.1 Å². The topological polar surface area (TPSA) is 81.2 Å². The van der Waals surface area contributed by atoms with Crippen molar-refractivity contribution in [2.45, 2.75) is 18.6 Å². The van der Waals surface area contributed by atoms with Crippen LogP contribution in [0.1, 0.15) is 11.3 Å². The molecule has 0 atom stereocenters. The molecular formula is C22H20N4O3S. The van der Waals surface area contributed by atoms with Gasteiger partial charge in [-0.25, -0.2) is 14.5 Å². The van der Waals surface area contributed by atoms with Crippen molar-refractivity contribution in [3.8, 4) is 5.82 Å². The summed E-state index contributed by atoms with van der Waals surface area (Å²) in [6, 6.07) is 14.4. The van der Waals surface area contributed by atoms with Crippen molar-refractivity contribution in [3.05, 3.63) is 82.7 Å². The monoisotopic (exact) mass is 420 g/mol. The van der Waals surface area contributed by atoms with E-state index in [9.17, 15) is 9.59 Å². The highest BCUT2D eigenvalue weighted by Crippen LogP contribution is 2.21. The number of carbonyl (C=O) groups excluding carboxylic acids is 1. The van der Waals surface area contributed by atoms with Gasteiger partial charge in [0.15, 0.2) is 5.16 Å². The number of furan rings is 1. The number of hydrogen-bond acceptors (Lipinski definition) is 6. The van der Waals surface area contributed by atoms with E-state index in [0.29, 0.717) is 34.2 Å². The van der Waals surface area contributed by atoms with Crippen LogP contribution in [0.5, 0.6) is 0 Å². The van der Waals surface area contributed by atoms with Crippen LogP contribution >= 0.6 is 11.8 Å².